The molecular weight excluding hydrogens is 176 g/mol. The van der Waals surface area contributed by atoms with Crippen molar-refractivity contribution in [3.8, 4) is 0 Å². The van der Waals surface area contributed by atoms with E-state index in [0.29, 0.717) is 13.2 Å². The maximum Gasteiger partial charge on any atom is 0.375 e. The van der Waals surface area contributed by atoms with Crippen molar-refractivity contribution in [2.24, 2.45) is 0 Å². The molecule has 0 atom stereocenters. The minimum atomic E-state index is -0.878. The molecule has 0 aliphatic carbocycles. The van der Waals surface area contributed by atoms with Crippen LogP contribution in [-0.4, -0.2) is 24.4 Å². The molecule has 0 spiro atoms. The van der Waals surface area contributed by atoms with E-state index in [1.165, 1.54) is 6.92 Å². The van der Waals surface area contributed by atoms with Crippen LogP contribution in [0.5, 0.6) is 0 Å². The minimum absolute atomic E-state index is 0.0871. The molecule has 5 nitrogen and oxygen atoms in total. The quantitative estimate of drug-likeness (QED) is 0.306. The zero-order valence-electron chi connectivity index (χ0n) is 7.99. The van der Waals surface area contributed by atoms with Gasteiger partial charge in [0.1, 0.15) is 5.57 Å². The largest absolute Gasteiger partial charge is 0.465 e. The van der Waals surface area contributed by atoms with Gasteiger partial charge in [-0.3, -0.25) is 4.89 Å². The normalized spacial score (nSPS) is 8.92. The molecule has 76 valence electrons. The Kier molecular flexibility index (Phi) is 5.71. The Morgan fingerprint density at radius 2 is 1.69 bits per heavy atom. The Hall–Kier alpha value is -1.23. The predicted octanol–water partition coefficient (Wildman–Crippen LogP) is 1.31. The highest BCUT2D eigenvalue weighted by atomic mass is 17.1. The summed E-state index contributed by atoms with van der Waals surface area (Å²) in [6, 6.07) is 0. The second kappa shape index (κ2) is 6.30. The predicted molar refractivity (Wildman–Crippen MR) is 44.7 cm³/mol. The van der Waals surface area contributed by atoms with Gasteiger partial charge in [-0.05, 0) is 20.8 Å². The lowest BCUT2D eigenvalue weighted by Crippen LogP contribution is -2.09. The fraction of sp³-hybridized carbons (Fsp3) is 0.625. The lowest BCUT2D eigenvalue weighted by atomic mass is 10.3. The van der Waals surface area contributed by atoms with Crippen molar-refractivity contribution in [1.29, 1.82) is 0 Å². The zero-order valence-corrected chi connectivity index (χ0v) is 7.99. The van der Waals surface area contributed by atoms with Crippen molar-refractivity contribution in [3.63, 3.8) is 0 Å². The first-order valence-corrected chi connectivity index (χ1v) is 3.99. The number of carbonyl (C=O) groups excluding carboxylic acids is 1. The summed E-state index contributed by atoms with van der Waals surface area (Å²) in [6.07, 6.45) is 0. The molecule has 0 saturated carbocycles. The monoisotopic (exact) mass is 190 g/mol. The number of hydrogen-bond acceptors (Lipinski definition) is 5. The number of hydrogen-bond donors (Lipinski definition) is 1. The van der Waals surface area contributed by atoms with Gasteiger partial charge in [-0.25, -0.2) is 4.79 Å². The summed E-state index contributed by atoms with van der Waals surface area (Å²) in [6.45, 7) is 5.73. The summed E-state index contributed by atoms with van der Waals surface area (Å²) >= 11 is 0. The molecule has 0 amide bonds. The molecule has 0 aliphatic heterocycles. The van der Waals surface area contributed by atoms with E-state index in [1.54, 1.807) is 13.8 Å². The van der Waals surface area contributed by atoms with Crippen LogP contribution in [0.4, 0.5) is 0 Å². The van der Waals surface area contributed by atoms with E-state index < -0.39 is 5.97 Å². The molecule has 0 rings (SSSR count). The van der Waals surface area contributed by atoms with Crippen molar-refractivity contribution in [2.45, 2.75) is 20.8 Å². The van der Waals surface area contributed by atoms with Crippen molar-refractivity contribution >= 4 is 5.97 Å². The van der Waals surface area contributed by atoms with Gasteiger partial charge in [-0.1, -0.05) is 0 Å². The summed E-state index contributed by atoms with van der Waals surface area (Å²) in [7, 11) is 0. The Bertz CT molecular complexity index is 189. The second-order valence-corrected chi connectivity index (χ2v) is 2.16. The van der Waals surface area contributed by atoms with Gasteiger partial charge in [0.25, 0.3) is 5.95 Å². The van der Waals surface area contributed by atoms with Gasteiger partial charge in [0.05, 0.1) is 13.2 Å². The van der Waals surface area contributed by atoms with Gasteiger partial charge in [0.2, 0.25) is 0 Å². The van der Waals surface area contributed by atoms with Gasteiger partial charge in [0.15, 0.2) is 0 Å². The Morgan fingerprint density at radius 3 is 2.00 bits per heavy atom. The topological polar surface area (TPSA) is 65.0 Å². The Balaban J connectivity index is 4.52. The van der Waals surface area contributed by atoms with Crippen LogP contribution >= 0.6 is 0 Å². The first-order valence-electron chi connectivity index (χ1n) is 3.99. The minimum Gasteiger partial charge on any atom is -0.465 e. The van der Waals surface area contributed by atoms with E-state index in [1.807, 2.05) is 0 Å². The Morgan fingerprint density at radius 1 is 1.23 bits per heavy atom. The van der Waals surface area contributed by atoms with Gasteiger partial charge in [-0.2, -0.15) is 5.26 Å². The number of ether oxygens (including phenoxy) is 2. The van der Waals surface area contributed by atoms with Crippen LogP contribution in [0.25, 0.3) is 0 Å². The smallest absolute Gasteiger partial charge is 0.375 e. The van der Waals surface area contributed by atoms with E-state index in [0.717, 1.165) is 0 Å². The third-order valence-corrected chi connectivity index (χ3v) is 1.25. The summed E-state index contributed by atoms with van der Waals surface area (Å²) in [5, 5.41) is 8.10. The molecule has 0 aliphatic rings. The highest BCUT2D eigenvalue weighted by Gasteiger charge is 2.14. The van der Waals surface area contributed by atoms with Crippen LogP contribution in [0.3, 0.4) is 0 Å². The van der Waals surface area contributed by atoms with Crippen LogP contribution < -0.4 is 0 Å². The summed E-state index contributed by atoms with van der Waals surface area (Å²) in [4.78, 5) is 14.3. The average molecular weight is 190 g/mol. The highest BCUT2D eigenvalue weighted by Crippen LogP contribution is 2.08. The molecule has 5 heteroatoms. The first kappa shape index (κ1) is 11.8. The summed E-state index contributed by atoms with van der Waals surface area (Å²) < 4.78 is 10.0. The molecule has 0 aromatic rings. The maximum atomic E-state index is 10.8. The first-order chi connectivity index (χ1) is 6.17. The van der Waals surface area contributed by atoms with Gasteiger partial charge in [-0.15, -0.1) is 0 Å². The SMILES string of the molecule is CCOC(OCC)=C(C)C(=O)OO. The molecule has 0 fully saturated rings. The van der Waals surface area contributed by atoms with Crippen LogP contribution in [0.1, 0.15) is 20.8 Å². The van der Waals surface area contributed by atoms with Crippen LogP contribution in [0, 0.1) is 0 Å². The molecular formula is C8H14O5. The third kappa shape index (κ3) is 3.80. The van der Waals surface area contributed by atoms with Crippen molar-refractivity contribution in [3.05, 3.63) is 11.5 Å². The second-order valence-electron chi connectivity index (χ2n) is 2.16. The standard InChI is InChI=1S/C8H14O5/c1-4-11-8(12-5-2)6(3)7(9)13-10/h10H,4-5H2,1-3H3. The Labute approximate surface area is 76.8 Å². The highest BCUT2D eigenvalue weighted by molar-refractivity contribution is 5.87. The van der Waals surface area contributed by atoms with Gasteiger partial charge in [0, 0.05) is 0 Å². The molecule has 0 unspecified atom stereocenters. The van der Waals surface area contributed by atoms with E-state index in [2.05, 4.69) is 4.89 Å². The van der Waals surface area contributed by atoms with E-state index >= 15 is 0 Å². The lowest BCUT2D eigenvalue weighted by molar-refractivity contribution is -0.229. The summed E-state index contributed by atoms with van der Waals surface area (Å²) in [5.41, 5.74) is 0.103. The fourth-order valence-electron chi connectivity index (χ4n) is 0.672. The van der Waals surface area contributed by atoms with Crippen molar-refractivity contribution in [1.82, 2.24) is 0 Å². The van der Waals surface area contributed by atoms with E-state index in [4.69, 9.17) is 14.7 Å². The molecule has 0 radical (unpaired) electrons. The maximum absolute atomic E-state index is 10.8. The molecule has 1 N–H and O–H groups in total. The molecule has 0 saturated heterocycles. The third-order valence-electron chi connectivity index (χ3n) is 1.25. The molecule has 0 bridgehead atoms. The van der Waals surface area contributed by atoms with Gasteiger partial charge < -0.3 is 9.47 Å². The molecule has 0 aromatic heterocycles. The zero-order chi connectivity index (χ0) is 10.3. The molecule has 13 heavy (non-hydrogen) atoms. The fourth-order valence-corrected chi connectivity index (χ4v) is 0.672. The lowest BCUT2D eigenvalue weighted by Gasteiger charge is -2.10. The van der Waals surface area contributed by atoms with E-state index in [-0.39, 0.29) is 11.5 Å². The van der Waals surface area contributed by atoms with Crippen LogP contribution in [0.15, 0.2) is 11.5 Å². The molecule has 0 heterocycles. The van der Waals surface area contributed by atoms with Crippen molar-refractivity contribution < 1.29 is 24.4 Å². The number of rotatable bonds is 5. The average Bonchev–Trinajstić information content (AvgIpc) is 2.15. The van der Waals surface area contributed by atoms with E-state index in [9.17, 15) is 4.79 Å². The number of carbonyl (C=O) groups is 1. The summed E-state index contributed by atoms with van der Waals surface area (Å²) in [5.74, 6) is -0.791. The van der Waals surface area contributed by atoms with Crippen molar-refractivity contribution in [2.75, 3.05) is 13.2 Å². The van der Waals surface area contributed by atoms with Crippen LogP contribution in [-0.2, 0) is 19.2 Å². The molecule has 0 aromatic carbocycles. The van der Waals surface area contributed by atoms with Crippen LogP contribution in [0.2, 0.25) is 0 Å². The van der Waals surface area contributed by atoms with Gasteiger partial charge >= 0.3 is 5.97 Å².